The van der Waals surface area contributed by atoms with E-state index in [9.17, 15) is 0 Å². The van der Waals surface area contributed by atoms with Crippen molar-refractivity contribution in [1.82, 2.24) is 9.97 Å². The molecule has 0 aliphatic carbocycles. The number of aliphatic hydroxyl groups is 1. The van der Waals surface area contributed by atoms with Crippen molar-refractivity contribution in [2.24, 2.45) is 0 Å². The van der Waals surface area contributed by atoms with Crippen LogP contribution in [0.5, 0.6) is 11.6 Å². The fraction of sp³-hybridized carbons (Fsp3) is 0.429. The van der Waals surface area contributed by atoms with Crippen molar-refractivity contribution >= 4 is 0 Å². The minimum absolute atomic E-state index is 0.208. The number of aromatic nitrogens is 2. The van der Waals surface area contributed by atoms with Crippen LogP contribution in [0.25, 0.3) is 0 Å². The molecule has 5 heteroatoms. The molecule has 0 saturated carbocycles. The molecular formula is C7H10N2O3. The highest BCUT2D eigenvalue weighted by atomic mass is 16.5. The number of hydrogen-bond donors (Lipinski definition) is 1. The first-order chi connectivity index (χ1) is 5.81. The summed E-state index contributed by atoms with van der Waals surface area (Å²) >= 11 is 0. The molecule has 0 aliphatic rings. The standard InChI is InChI=1S/C7H10N2O3/c1-11-5-3-8-6(4-10)9-7(5)12-2/h3,10H,4H2,1-2H3. The molecule has 0 fully saturated rings. The van der Waals surface area contributed by atoms with Crippen molar-refractivity contribution in [3.63, 3.8) is 0 Å². The second-order valence-electron chi connectivity index (χ2n) is 2.02. The van der Waals surface area contributed by atoms with E-state index < -0.39 is 0 Å². The van der Waals surface area contributed by atoms with E-state index in [-0.39, 0.29) is 6.61 Å². The molecule has 5 nitrogen and oxygen atoms in total. The first kappa shape index (κ1) is 8.73. The topological polar surface area (TPSA) is 64.5 Å². The molecule has 1 aromatic heterocycles. The third kappa shape index (κ3) is 1.62. The zero-order valence-corrected chi connectivity index (χ0v) is 6.94. The first-order valence-electron chi connectivity index (χ1n) is 3.36. The Kier molecular flexibility index (Phi) is 2.82. The zero-order chi connectivity index (χ0) is 8.97. The minimum Gasteiger partial charge on any atom is -0.490 e. The lowest BCUT2D eigenvalue weighted by molar-refractivity contribution is 0.265. The van der Waals surface area contributed by atoms with Crippen molar-refractivity contribution in [2.75, 3.05) is 14.2 Å². The van der Waals surface area contributed by atoms with Gasteiger partial charge in [-0.25, -0.2) is 4.98 Å². The second-order valence-corrected chi connectivity index (χ2v) is 2.02. The molecule has 1 rings (SSSR count). The maximum Gasteiger partial charge on any atom is 0.260 e. The highest BCUT2D eigenvalue weighted by molar-refractivity contribution is 5.30. The number of ether oxygens (including phenoxy) is 2. The maximum absolute atomic E-state index is 8.70. The van der Waals surface area contributed by atoms with Crippen molar-refractivity contribution < 1.29 is 14.6 Å². The van der Waals surface area contributed by atoms with Crippen LogP contribution in [0.3, 0.4) is 0 Å². The summed E-state index contributed by atoms with van der Waals surface area (Å²) in [5, 5.41) is 8.70. The summed E-state index contributed by atoms with van der Waals surface area (Å²) in [5.41, 5.74) is 0. The van der Waals surface area contributed by atoms with Gasteiger partial charge >= 0.3 is 0 Å². The van der Waals surface area contributed by atoms with Gasteiger partial charge in [-0.3, -0.25) is 0 Å². The van der Waals surface area contributed by atoms with Gasteiger partial charge in [0.1, 0.15) is 6.61 Å². The highest BCUT2D eigenvalue weighted by Gasteiger charge is 2.06. The fourth-order valence-electron chi connectivity index (χ4n) is 0.752. The minimum atomic E-state index is -0.208. The van der Waals surface area contributed by atoms with E-state index in [0.29, 0.717) is 17.5 Å². The Bertz CT molecular complexity index is 265. The Morgan fingerprint density at radius 3 is 2.67 bits per heavy atom. The van der Waals surface area contributed by atoms with Gasteiger partial charge in [0.05, 0.1) is 20.4 Å². The summed E-state index contributed by atoms with van der Waals surface area (Å²) in [6, 6.07) is 0. The number of methoxy groups -OCH3 is 2. The molecule has 0 aliphatic heterocycles. The number of hydrogen-bond acceptors (Lipinski definition) is 5. The monoisotopic (exact) mass is 170 g/mol. The van der Waals surface area contributed by atoms with Crippen molar-refractivity contribution in [3.8, 4) is 11.6 Å². The Hall–Kier alpha value is -1.36. The smallest absolute Gasteiger partial charge is 0.260 e. The Labute approximate surface area is 70.0 Å². The predicted molar refractivity (Wildman–Crippen MR) is 41.1 cm³/mol. The van der Waals surface area contributed by atoms with Crippen LogP contribution < -0.4 is 9.47 Å². The quantitative estimate of drug-likeness (QED) is 0.691. The normalized spacial score (nSPS) is 9.58. The van der Waals surface area contributed by atoms with Gasteiger partial charge in [0.15, 0.2) is 11.6 Å². The molecule has 1 N–H and O–H groups in total. The predicted octanol–water partition coefficient (Wildman–Crippen LogP) is -0.0139. The lowest BCUT2D eigenvalue weighted by Gasteiger charge is -2.05. The van der Waals surface area contributed by atoms with Crippen LogP contribution in [0, 0.1) is 0 Å². The summed E-state index contributed by atoms with van der Waals surface area (Å²) in [7, 11) is 2.98. The van der Waals surface area contributed by atoms with Crippen LogP contribution in [-0.4, -0.2) is 29.3 Å². The molecule has 0 radical (unpaired) electrons. The van der Waals surface area contributed by atoms with Crippen molar-refractivity contribution in [2.45, 2.75) is 6.61 Å². The summed E-state index contributed by atoms with van der Waals surface area (Å²) in [6.45, 7) is -0.208. The van der Waals surface area contributed by atoms with Crippen LogP contribution in [0.15, 0.2) is 6.20 Å². The van der Waals surface area contributed by atoms with Crippen LogP contribution in [-0.2, 0) is 6.61 Å². The molecule has 0 amide bonds. The van der Waals surface area contributed by atoms with Crippen LogP contribution >= 0.6 is 0 Å². The average molecular weight is 170 g/mol. The van der Waals surface area contributed by atoms with Gasteiger partial charge in [-0.05, 0) is 0 Å². The molecule has 0 atom stereocenters. The molecule has 0 spiro atoms. The fourth-order valence-corrected chi connectivity index (χ4v) is 0.752. The molecular weight excluding hydrogens is 160 g/mol. The summed E-state index contributed by atoms with van der Waals surface area (Å²) in [5.74, 6) is 1.10. The van der Waals surface area contributed by atoms with Crippen LogP contribution in [0.4, 0.5) is 0 Å². The molecule has 12 heavy (non-hydrogen) atoms. The van der Waals surface area contributed by atoms with E-state index in [1.165, 1.54) is 20.4 Å². The Morgan fingerprint density at radius 2 is 2.17 bits per heavy atom. The first-order valence-corrected chi connectivity index (χ1v) is 3.36. The van der Waals surface area contributed by atoms with Gasteiger partial charge in [-0.15, -0.1) is 0 Å². The molecule has 0 bridgehead atoms. The molecule has 1 aromatic rings. The largest absolute Gasteiger partial charge is 0.490 e. The summed E-state index contributed by atoms with van der Waals surface area (Å²) in [4.78, 5) is 7.68. The van der Waals surface area contributed by atoms with E-state index in [2.05, 4.69) is 9.97 Å². The molecule has 1 heterocycles. The van der Waals surface area contributed by atoms with Crippen molar-refractivity contribution in [3.05, 3.63) is 12.0 Å². The van der Waals surface area contributed by atoms with E-state index in [0.717, 1.165) is 0 Å². The van der Waals surface area contributed by atoms with Gasteiger partial charge in [-0.2, -0.15) is 4.98 Å². The Balaban J connectivity index is 3.02. The zero-order valence-electron chi connectivity index (χ0n) is 6.94. The SMILES string of the molecule is COc1cnc(CO)nc1OC. The third-order valence-electron chi connectivity index (χ3n) is 1.33. The van der Waals surface area contributed by atoms with E-state index in [4.69, 9.17) is 14.6 Å². The number of rotatable bonds is 3. The second kappa shape index (κ2) is 3.87. The molecule has 0 unspecified atom stereocenters. The van der Waals surface area contributed by atoms with Crippen LogP contribution in [0.1, 0.15) is 5.82 Å². The van der Waals surface area contributed by atoms with Crippen LogP contribution in [0.2, 0.25) is 0 Å². The number of nitrogens with zero attached hydrogens (tertiary/aromatic N) is 2. The van der Waals surface area contributed by atoms with E-state index in [1.807, 2.05) is 0 Å². The maximum atomic E-state index is 8.70. The van der Waals surface area contributed by atoms with Gasteiger partial charge in [0, 0.05) is 0 Å². The molecule has 66 valence electrons. The number of aliphatic hydroxyl groups excluding tert-OH is 1. The Morgan fingerprint density at radius 1 is 1.42 bits per heavy atom. The molecule has 0 aromatic carbocycles. The average Bonchev–Trinajstić information content (AvgIpc) is 2.16. The highest BCUT2D eigenvalue weighted by Crippen LogP contribution is 2.21. The van der Waals surface area contributed by atoms with E-state index in [1.54, 1.807) is 0 Å². The van der Waals surface area contributed by atoms with Gasteiger partial charge in [0.25, 0.3) is 5.88 Å². The van der Waals surface area contributed by atoms with Gasteiger partial charge in [-0.1, -0.05) is 0 Å². The van der Waals surface area contributed by atoms with Crippen molar-refractivity contribution in [1.29, 1.82) is 0 Å². The van der Waals surface area contributed by atoms with E-state index >= 15 is 0 Å². The van der Waals surface area contributed by atoms with Gasteiger partial charge in [0.2, 0.25) is 0 Å². The lowest BCUT2D eigenvalue weighted by Crippen LogP contribution is -1.99. The lowest BCUT2D eigenvalue weighted by atomic mass is 10.5. The third-order valence-corrected chi connectivity index (χ3v) is 1.33. The van der Waals surface area contributed by atoms with Gasteiger partial charge < -0.3 is 14.6 Å². The summed E-state index contributed by atoms with van der Waals surface area (Å²) in [6.07, 6.45) is 1.46. The molecule has 0 saturated heterocycles. The summed E-state index contributed by atoms with van der Waals surface area (Å²) < 4.78 is 9.80.